The molecular weight excluding hydrogens is 1810 g/mol. The number of rotatable bonds is 20. The molecule has 0 radical (unpaired) electrons. The Morgan fingerprint density at radius 2 is 1.01 bits per heavy atom. The number of nitrogens with zero attached hydrogens (tertiary/aromatic N) is 12. The third-order valence-corrected chi connectivity index (χ3v) is 23.1. The maximum Gasteiger partial charge on any atom is 0.407 e. The number of piperazine rings is 1. The summed E-state index contributed by atoms with van der Waals surface area (Å²) in [4.78, 5) is 98.0. The summed E-state index contributed by atoms with van der Waals surface area (Å²) in [5.41, 5.74) is 13.9. The number of alkyl carbamates (subject to hydrolysis) is 1. The molecule has 145 heavy (non-hydrogen) atoms. The van der Waals surface area contributed by atoms with Gasteiger partial charge in [0.2, 0.25) is 0 Å². The van der Waals surface area contributed by atoms with Crippen molar-refractivity contribution in [2.75, 3.05) is 57.4 Å². The summed E-state index contributed by atoms with van der Waals surface area (Å²) in [5.74, 6) is 4.63. The van der Waals surface area contributed by atoms with Crippen LogP contribution in [0.3, 0.4) is 0 Å². The number of hydrogen-bond donors (Lipinski definition) is 3. The lowest BCUT2D eigenvalue weighted by atomic mass is 9.85. The van der Waals surface area contributed by atoms with Gasteiger partial charge >= 0.3 is 12.1 Å². The first-order valence-electron chi connectivity index (χ1n) is 52.1. The molecule has 0 spiro atoms. The van der Waals surface area contributed by atoms with Crippen LogP contribution in [0.25, 0.3) is 0 Å². The number of carbonyl (C=O) groups is 6. The fourth-order valence-electron chi connectivity index (χ4n) is 13.6. The SMILES string of the molecule is CC(=O)c1cccc(C(C)(C)C)n1.CC(C)C(=O)c1cccc(C(C)(C)C)c1.CC(C)C1=NN=CC1.CC(C)N1CCOCC1.CC(C)c1ccc(CNC(=O)OC(C)(C)C)cc1.CC(C)c1ccccc1.CC(C)c1cccnc1.CC(C)c1nc(C(=O)O)cc(N2CCNCC2)n1.CC(C)n1ccnc1.CCC(=O)c1cccc(C(C)(C)C)c1.CCCC(=O)c1cccc(C(C)(C)C)c1.Cc1nccn1C(C)C. The molecule has 3 aliphatic rings. The molecule has 0 bridgehead atoms. The molecule has 3 N–H and O–H groups in total. The van der Waals surface area contributed by atoms with Gasteiger partial charge in [-0.3, -0.25) is 29.1 Å². The van der Waals surface area contributed by atoms with Crippen LogP contribution in [0, 0.1) is 18.8 Å². The number of carboxylic acids is 1. The molecule has 2 fully saturated rings. The molecular formula is C122H184N14O9. The van der Waals surface area contributed by atoms with E-state index in [1.807, 2.05) is 198 Å². The molecule has 3 aliphatic heterocycles. The Labute approximate surface area is 874 Å². The maximum absolute atomic E-state index is 11.8. The summed E-state index contributed by atoms with van der Waals surface area (Å²) in [7, 11) is 0. The predicted molar refractivity (Wildman–Crippen MR) is 605 cm³/mol. The van der Waals surface area contributed by atoms with Gasteiger partial charge in [0.15, 0.2) is 28.8 Å². The highest BCUT2D eigenvalue weighted by Crippen LogP contribution is 2.29. The van der Waals surface area contributed by atoms with Gasteiger partial charge in [-0.15, -0.1) is 0 Å². The number of aromatic nitrogens is 8. The fraction of sp³-hybridized carbons (Fsp3) is 0.525. The van der Waals surface area contributed by atoms with Crippen LogP contribution in [0.15, 0.2) is 218 Å². The first-order chi connectivity index (χ1) is 67.7. The molecule has 2 saturated heterocycles. The van der Waals surface area contributed by atoms with E-state index in [0.717, 1.165) is 99.1 Å². The number of ether oxygens (including phenoxy) is 2. The molecule has 23 heteroatoms. The van der Waals surface area contributed by atoms with Gasteiger partial charge in [0.05, 0.1) is 19.5 Å². The van der Waals surface area contributed by atoms with Gasteiger partial charge in [-0.05, 0) is 191 Å². The summed E-state index contributed by atoms with van der Waals surface area (Å²) in [6.45, 7) is 84.8. The van der Waals surface area contributed by atoms with Crippen LogP contribution < -0.4 is 15.5 Å². The highest BCUT2D eigenvalue weighted by Gasteiger charge is 2.24. The van der Waals surface area contributed by atoms with Crippen molar-refractivity contribution in [3.05, 3.63) is 292 Å². The Morgan fingerprint density at radius 1 is 0.497 bits per heavy atom. The summed E-state index contributed by atoms with van der Waals surface area (Å²) in [5, 5.41) is 22.8. The van der Waals surface area contributed by atoms with E-state index in [4.69, 9.17) is 14.6 Å². The number of amides is 1. The van der Waals surface area contributed by atoms with Gasteiger partial charge in [0, 0.05) is 185 Å². The fourth-order valence-corrected chi connectivity index (χ4v) is 13.6. The van der Waals surface area contributed by atoms with Crippen molar-refractivity contribution in [2.24, 2.45) is 22.0 Å². The number of hydrogen-bond acceptors (Lipinski definition) is 19. The molecule has 8 heterocycles. The Balaban J connectivity index is 0.000000540. The van der Waals surface area contributed by atoms with E-state index in [2.05, 4.69) is 310 Å². The van der Waals surface area contributed by atoms with E-state index in [1.54, 1.807) is 24.5 Å². The lowest BCUT2D eigenvalue weighted by Gasteiger charge is -2.29. The van der Waals surface area contributed by atoms with Crippen molar-refractivity contribution < 1.29 is 43.3 Å². The van der Waals surface area contributed by atoms with E-state index in [0.29, 0.717) is 78.5 Å². The van der Waals surface area contributed by atoms with Crippen molar-refractivity contribution in [1.82, 2.24) is 54.6 Å². The minimum Gasteiger partial charge on any atom is -0.477 e. The first-order valence-corrected chi connectivity index (χ1v) is 52.1. The quantitative estimate of drug-likeness (QED) is 0.0598. The lowest BCUT2D eigenvalue weighted by Crippen LogP contribution is -2.44. The molecule has 5 aromatic heterocycles. The number of ketones is 4. The average molecular weight is 1990 g/mol. The second-order valence-corrected chi connectivity index (χ2v) is 44.2. The van der Waals surface area contributed by atoms with Crippen LogP contribution in [0.2, 0.25) is 0 Å². The second-order valence-electron chi connectivity index (χ2n) is 44.2. The van der Waals surface area contributed by atoms with E-state index in [9.17, 15) is 28.8 Å². The number of carbonyl (C=O) groups excluding carboxylic acids is 5. The highest BCUT2D eigenvalue weighted by molar-refractivity contribution is 6.00. The van der Waals surface area contributed by atoms with Crippen LogP contribution in [0.4, 0.5) is 10.6 Å². The minimum absolute atomic E-state index is 0.00542. The molecule has 0 saturated carbocycles. The van der Waals surface area contributed by atoms with E-state index in [-0.39, 0.29) is 68.4 Å². The number of nitrogens with one attached hydrogen (secondary N) is 2. The van der Waals surface area contributed by atoms with Crippen LogP contribution >= 0.6 is 0 Å². The number of Topliss-reactive ketones (excluding diaryl/α,β-unsaturated/α-hetero) is 4. The van der Waals surface area contributed by atoms with Gasteiger partial charge in [-0.2, -0.15) is 10.2 Å². The Kier molecular flexibility index (Phi) is 58.7. The molecule has 5 aromatic carbocycles. The summed E-state index contributed by atoms with van der Waals surface area (Å²) >= 11 is 0. The van der Waals surface area contributed by atoms with Crippen LogP contribution in [0.1, 0.15) is 419 Å². The van der Waals surface area contributed by atoms with Crippen LogP contribution in [-0.2, 0) is 37.7 Å². The number of pyridine rings is 2. The summed E-state index contributed by atoms with van der Waals surface area (Å²) in [6.07, 6.45) is 17.7. The van der Waals surface area contributed by atoms with Crippen molar-refractivity contribution in [1.29, 1.82) is 0 Å². The largest absolute Gasteiger partial charge is 0.477 e. The zero-order valence-corrected chi connectivity index (χ0v) is 95.7. The van der Waals surface area contributed by atoms with E-state index >= 15 is 0 Å². The van der Waals surface area contributed by atoms with Gasteiger partial charge < -0.3 is 39.2 Å². The first kappa shape index (κ1) is 129. The number of benzene rings is 5. The maximum atomic E-state index is 11.8. The molecule has 796 valence electrons. The molecule has 10 aromatic rings. The molecule has 0 unspecified atom stereocenters. The van der Waals surface area contributed by atoms with Crippen LogP contribution in [-0.4, -0.2) is 160 Å². The lowest BCUT2D eigenvalue weighted by molar-refractivity contribution is 0.0237. The predicted octanol–water partition coefficient (Wildman–Crippen LogP) is 28.9. The Bertz CT molecular complexity index is 5370. The van der Waals surface area contributed by atoms with Gasteiger partial charge in [0.1, 0.15) is 28.8 Å². The number of morpholine rings is 1. The van der Waals surface area contributed by atoms with Crippen molar-refractivity contribution in [3.8, 4) is 0 Å². The minimum atomic E-state index is -1.00. The Morgan fingerprint density at radius 3 is 1.38 bits per heavy atom. The van der Waals surface area contributed by atoms with Crippen molar-refractivity contribution in [2.45, 2.75) is 357 Å². The summed E-state index contributed by atoms with van der Waals surface area (Å²) < 4.78 is 14.6. The second kappa shape index (κ2) is 65.7. The highest BCUT2D eigenvalue weighted by atomic mass is 16.6. The average Bonchev–Trinajstić information content (AvgIpc) is 1.39. The van der Waals surface area contributed by atoms with Gasteiger partial charge in [-0.1, -0.05) is 301 Å². The van der Waals surface area contributed by atoms with Crippen molar-refractivity contribution >= 4 is 52.9 Å². The van der Waals surface area contributed by atoms with Crippen LogP contribution in [0.5, 0.6) is 0 Å². The molecule has 0 aliphatic carbocycles. The molecule has 13 rings (SSSR count). The number of carboxylic acid groups (broad SMARTS) is 1. The number of anilines is 1. The zero-order chi connectivity index (χ0) is 110. The topological polar surface area (TPSA) is 284 Å². The zero-order valence-electron chi connectivity index (χ0n) is 95.7. The van der Waals surface area contributed by atoms with E-state index < -0.39 is 11.6 Å². The molecule has 23 nitrogen and oxygen atoms in total. The standard InChI is InChI=1S/C15H23NO2.2C14H20O.C13H18O.C12H18N4O2.C11H15NO.C9H12.C8H11N.C7H12N2.C7H15NO.2C6H10N2/c1-11(2)13-8-6-12(7-9-13)10-16-14(17)18-15(3,4)5;1-10(2)13(15)11-7-6-8-12(9-11)14(3,4)5;1-5-7-13(15)11-8-6-9-12(10-11)14(2,3)4;1-5-12(14)10-7-6-8-11(9-10)13(2,3)4;1-8(2)11-14-9(12(17)18)7-10(15-11)16-5-3-13-4-6-16;1-8(13)9-6-5-7-10(12-9)11(2,3)4;1-8(2)9-6-4-3-5-7-9;1-7(2)8-4-3-5-9-6-8;1-6(2)9-5-4-8-7(9)3;1-7(2)8-3-5-9-6-4-8;1-6(2)8-4-3-7-5-8;1-5(2)6-3-4-7-8-6/h6-9,11H,10H2,1-5H3,(H,16,17);6-10H,1-5H3;6,8-10H,5,7H2,1-4H3;6-9H,5H2,1-4H3;7-8,13H,3-6H2,1-2H3,(H,17,18);5-7H,1-4H3;3-8H,1-2H3;3-7H,1-2H3;4-6H,1-3H3;7H,3-6H2,1-2H3;3-6H,1-2H3;4-5H,3H2,1-2H3. The Hall–Kier alpha value is -11.7. The monoisotopic (exact) mass is 1990 g/mol. The van der Waals surface area contributed by atoms with Crippen molar-refractivity contribution in [3.63, 3.8) is 0 Å². The third-order valence-electron chi connectivity index (χ3n) is 23.1. The molecule has 1 amide bonds. The summed E-state index contributed by atoms with van der Waals surface area (Å²) in [6, 6.07) is 55.6. The number of aromatic carboxylic acids is 1. The smallest absolute Gasteiger partial charge is 0.407 e. The van der Waals surface area contributed by atoms with Gasteiger partial charge in [0.25, 0.3) is 0 Å². The third kappa shape index (κ3) is 53.3. The number of imidazole rings is 2. The number of aryl methyl sites for hydroxylation is 1. The van der Waals surface area contributed by atoms with E-state index in [1.165, 1.54) is 46.0 Å². The normalized spacial score (nSPS) is 12.8. The van der Waals surface area contributed by atoms with Gasteiger partial charge in [-0.25, -0.2) is 34.5 Å². The molecule has 0 atom stereocenters.